The largest absolute Gasteiger partial charge is 0.489 e. The molecule has 0 aliphatic heterocycles. The summed E-state index contributed by atoms with van der Waals surface area (Å²) in [6.45, 7) is 9.44. The lowest BCUT2D eigenvalue weighted by Crippen LogP contribution is -2.11. The number of rotatable bonds is 5. The van der Waals surface area contributed by atoms with E-state index in [1.54, 1.807) is 0 Å². The van der Waals surface area contributed by atoms with E-state index in [1.807, 2.05) is 32.0 Å². The highest BCUT2D eigenvalue weighted by Crippen LogP contribution is 2.24. The van der Waals surface area contributed by atoms with E-state index in [1.165, 1.54) is 0 Å². The third kappa shape index (κ3) is 4.24. The number of anilines is 1. The van der Waals surface area contributed by atoms with Gasteiger partial charge in [-0.15, -0.1) is 0 Å². The third-order valence-electron chi connectivity index (χ3n) is 1.95. The molecular formula is C13H21NO. The Morgan fingerprint density at radius 1 is 1.13 bits per heavy atom. The summed E-state index contributed by atoms with van der Waals surface area (Å²) >= 11 is 0. The molecule has 0 fully saturated rings. The smallest absolute Gasteiger partial charge is 0.142 e. The van der Waals surface area contributed by atoms with Gasteiger partial charge in [-0.2, -0.15) is 0 Å². The molecule has 0 spiro atoms. The Hall–Kier alpha value is -1.18. The third-order valence-corrected chi connectivity index (χ3v) is 1.95. The molecule has 0 unspecified atom stereocenters. The number of para-hydroxylation sites is 2. The van der Waals surface area contributed by atoms with E-state index in [0.717, 1.165) is 18.0 Å². The molecule has 15 heavy (non-hydrogen) atoms. The molecule has 1 aromatic rings. The SMILES string of the molecule is CC(C)CNc1ccccc1OC(C)C. The summed E-state index contributed by atoms with van der Waals surface area (Å²) < 4.78 is 5.72. The van der Waals surface area contributed by atoms with Crippen LogP contribution in [0.15, 0.2) is 24.3 Å². The standard InChI is InChI=1S/C13H21NO/c1-10(2)9-14-12-7-5-6-8-13(12)15-11(3)4/h5-8,10-11,14H,9H2,1-4H3. The fraction of sp³-hybridized carbons (Fsp3) is 0.538. The Kier molecular flexibility index (Phi) is 4.47. The lowest BCUT2D eigenvalue weighted by atomic mass is 10.2. The predicted octanol–water partition coefficient (Wildman–Crippen LogP) is 3.54. The van der Waals surface area contributed by atoms with Crippen LogP contribution in [0.3, 0.4) is 0 Å². The zero-order valence-electron chi connectivity index (χ0n) is 10.1. The van der Waals surface area contributed by atoms with E-state index < -0.39 is 0 Å². The van der Waals surface area contributed by atoms with Gasteiger partial charge in [0.15, 0.2) is 0 Å². The molecule has 0 radical (unpaired) electrons. The van der Waals surface area contributed by atoms with Crippen LogP contribution >= 0.6 is 0 Å². The van der Waals surface area contributed by atoms with Crippen LogP contribution in [0.2, 0.25) is 0 Å². The highest BCUT2D eigenvalue weighted by atomic mass is 16.5. The van der Waals surface area contributed by atoms with Crippen LogP contribution in [0.1, 0.15) is 27.7 Å². The Morgan fingerprint density at radius 2 is 1.80 bits per heavy atom. The van der Waals surface area contributed by atoms with E-state index in [2.05, 4.69) is 25.2 Å². The van der Waals surface area contributed by atoms with Crippen molar-refractivity contribution in [2.24, 2.45) is 5.92 Å². The Morgan fingerprint density at radius 3 is 2.40 bits per heavy atom. The van der Waals surface area contributed by atoms with Gasteiger partial charge < -0.3 is 10.1 Å². The first-order valence-corrected chi connectivity index (χ1v) is 5.59. The Labute approximate surface area is 92.6 Å². The molecule has 0 amide bonds. The highest BCUT2D eigenvalue weighted by Gasteiger charge is 2.04. The second-order valence-corrected chi connectivity index (χ2v) is 4.44. The van der Waals surface area contributed by atoms with Crippen LogP contribution in [-0.4, -0.2) is 12.6 Å². The predicted molar refractivity (Wildman–Crippen MR) is 65.5 cm³/mol. The van der Waals surface area contributed by atoms with Crippen molar-refractivity contribution in [2.75, 3.05) is 11.9 Å². The van der Waals surface area contributed by atoms with Gasteiger partial charge in [-0.25, -0.2) is 0 Å². The molecule has 0 atom stereocenters. The van der Waals surface area contributed by atoms with E-state index in [4.69, 9.17) is 4.74 Å². The first-order chi connectivity index (χ1) is 7.09. The molecule has 1 aromatic carbocycles. The van der Waals surface area contributed by atoms with Crippen molar-refractivity contribution in [1.82, 2.24) is 0 Å². The Balaban J connectivity index is 2.68. The average molecular weight is 207 g/mol. The minimum atomic E-state index is 0.215. The van der Waals surface area contributed by atoms with Crippen LogP contribution in [-0.2, 0) is 0 Å². The molecule has 0 saturated heterocycles. The molecule has 0 heterocycles. The lowest BCUT2D eigenvalue weighted by Gasteiger charge is -2.16. The minimum absolute atomic E-state index is 0.215. The summed E-state index contributed by atoms with van der Waals surface area (Å²) in [4.78, 5) is 0. The number of benzene rings is 1. The van der Waals surface area contributed by atoms with E-state index in [0.29, 0.717) is 5.92 Å². The summed E-state index contributed by atoms with van der Waals surface area (Å²) in [7, 11) is 0. The van der Waals surface area contributed by atoms with Gasteiger partial charge in [0.05, 0.1) is 11.8 Å². The van der Waals surface area contributed by atoms with Gasteiger partial charge in [0.25, 0.3) is 0 Å². The molecule has 0 aromatic heterocycles. The topological polar surface area (TPSA) is 21.3 Å². The van der Waals surface area contributed by atoms with E-state index in [-0.39, 0.29) is 6.10 Å². The number of hydrogen-bond acceptors (Lipinski definition) is 2. The summed E-state index contributed by atoms with van der Waals surface area (Å²) in [6, 6.07) is 8.08. The summed E-state index contributed by atoms with van der Waals surface area (Å²) in [5.74, 6) is 1.57. The first kappa shape index (κ1) is 11.9. The van der Waals surface area contributed by atoms with Crippen molar-refractivity contribution < 1.29 is 4.74 Å². The minimum Gasteiger partial charge on any atom is -0.489 e. The van der Waals surface area contributed by atoms with Crippen molar-refractivity contribution in [2.45, 2.75) is 33.8 Å². The molecule has 84 valence electrons. The maximum atomic E-state index is 5.72. The molecule has 1 rings (SSSR count). The maximum absolute atomic E-state index is 5.72. The molecule has 2 heteroatoms. The number of nitrogens with one attached hydrogen (secondary N) is 1. The van der Waals surface area contributed by atoms with Crippen molar-refractivity contribution >= 4 is 5.69 Å². The van der Waals surface area contributed by atoms with Crippen molar-refractivity contribution in [3.05, 3.63) is 24.3 Å². The molecule has 0 bridgehead atoms. The van der Waals surface area contributed by atoms with Gasteiger partial charge in [0.2, 0.25) is 0 Å². The van der Waals surface area contributed by atoms with Gasteiger partial charge in [-0.1, -0.05) is 26.0 Å². The fourth-order valence-electron chi connectivity index (χ4n) is 1.28. The Bertz CT molecular complexity index is 294. The second-order valence-electron chi connectivity index (χ2n) is 4.44. The fourth-order valence-corrected chi connectivity index (χ4v) is 1.28. The first-order valence-electron chi connectivity index (χ1n) is 5.59. The summed E-state index contributed by atoms with van der Waals surface area (Å²) in [5.41, 5.74) is 1.08. The highest BCUT2D eigenvalue weighted by molar-refractivity contribution is 5.56. The number of hydrogen-bond donors (Lipinski definition) is 1. The van der Waals surface area contributed by atoms with Gasteiger partial charge in [0.1, 0.15) is 5.75 Å². The molecule has 1 N–H and O–H groups in total. The van der Waals surface area contributed by atoms with Crippen LogP contribution in [0.4, 0.5) is 5.69 Å². The van der Waals surface area contributed by atoms with Crippen molar-refractivity contribution in [3.63, 3.8) is 0 Å². The summed E-state index contributed by atoms with van der Waals surface area (Å²) in [5, 5.41) is 3.39. The zero-order valence-corrected chi connectivity index (χ0v) is 10.1. The van der Waals surface area contributed by atoms with Crippen LogP contribution < -0.4 is 10.1 Å². The monoisotopic (exact) mass is 207 g/mol. The van der Waals surface area contributed by atoms with Crippen LogP contribution in [0.5, 0.6) is 5.75 Å². The van der Waals surface area contributed by atoms with Gasteiger partial charge in [-0.3, -0.25) is 0 Å². The van der Waals surface area contributed by atoms with E-state index in [9.17, 15) is 0 Å². The quantitative estimate of drug-likeness (QED) is 0.797. The van der Waals surface area contributed by atoms with Crippen molar-refractivity contribution in [3.8, 4) is 5.75 Å². The van der Waals surface area contributed by atoms with Gasteiger partial charge in [-0.05, 0) is 31.9 Å². The second kappa shape index (κ2) is 5.64. The average Bonchev–Trinajstić information content (AvgIpc) is 2.15. The van der Waals surface area contributed by atoms with Gasteiger partial charge in [0, 0.05) is 6.54 Å². The zero-order chi connectivity index (χ0) is 11.3. The maximum Gasteiger partial charge on any atom is 0.142 e. The molecule has 0 aliphatic rings. The van der Waals surface area contributed by atoms with Crippen LogP contribution in [0, 0.1) is 5.92 Å². The van der Waals surface area contributed by atoms with Crippen molar-refractivity contribution in [1.29, 1.82) is 0 Å². The lowest BCUT2D eigenvalue weighted by molar-refractivity contribution is 0.243. The molecule has 2 nitrogen and oxygen atoms in total. The van der Waals surface area contributed by atoms with Crippen LogP contribution in [0.25, 0.3) is 0 Å². The summed E-state index contributed by atoms with van der Waals surface area (Å²) in [6.07, 6.45) is 0.215. The normalized spacial score (nSPS) is 10.8. The molecular weight excluding hydrogens is 186 g/mol. The van der Waals surface area contributed by atoms with Gasteiger partial charge >= 0.3 is 0 Å². The molecule has 0 saturated carbocycles. The number of ether oxygens (including phenoxy) is 1. The molecule has 0 aliphatic carbocycles. The van der Waals surface area contributed by atoms with E-state index >= 15 is 0 Å².